The van der Waals surface area contributed by atoms with Gasteiger partial charge in [-0.3, -0.25) is 9.59 Å². The maximum Gasteiger partial charge on any atom is 0.188 e. The van der Waals surface area contributed by atoms with Crippen molar-refractivity contribution in [3.63, 3.8) is 0 Å². The van der Waals surface area contributed by atoms with Crippen LogP contribution in [0.1, 0.15) is 20.7 Å². The lowest BCUT2D eigenvalue weighted by Gasteiger charge is -2.10. The van der Waals surface area contributed by atoms with Crippen LogP contribution >= 0.6 is 0 Å². The summed E-state index contributed by atoms with van der Waals surface area (Å²) in [4.78, 5) is 22.8. The highest BCUT2D eigenvalue weighted by Gasteiger charge is 2.23. The Bertz CT molecular complexity index is 516. The molecule has 0 amide bonds. The van der Waals surface area contributed by atoms with E-state index >= 15 is 0 Å². The first-order chi connectivity index (χ1) is 7.11. The summed E-state index contributed by atoms with van der Waals surface area (Å²) < 4.78 is 19.9. The fourth-order valence-electron chi connectivity index (χ4n) is 1.46. The van der Waals surface area contributed by atoms with Crippen LogP contribution in [-0.2, 0) is 11.1 Å². The number of allylic oxidation sites excluding steroid dienone is 2. The summed E-state index contributed by atoms with van der Waals surface area (Å²) in [5.74, 6) is -0.737. The quantitative estimate of drug-likeness (QED) is 0.725. The van der Waals surface area contributed by atoms with Gasteiger partial charge in [-0.15, -0.1) is 0 Å². The Morgan fingerprint density at radius 1 is 1.07 bits per heavy atom. The number of fused-ring (bicyclic) bond motifs is 1. The standard InChI is InChI=1S/C10H6O4S/c11-7-4-5-8(12)10-6(7)2-1-3-9(10)15(13)14/h1-5H,(H,13,14). The van der Waals surface area contributed by atoms with Crippen LogP contribution in [0.2, 0.25) is 0 Å². The molecule has 0 saturated heterocycles. The molecule has 5 heteroatoms. The monoisotopic (exact) mass is 222 g/mol. The van der Waals surface area contributed by atoms with Crippen molar-refractivity contribution in [3.8, 4) is 0 Å². The van der Waals surface area contributed by atoms with Crippen LogP contribution < -0.4 is 0 Å². The van der Waals surface area contributed by atoms with Crippen LogP contribution in [0.4, 0.5) is 0 Å². The zero-order valence-corrected chi connectivity index (χ0v) is 8.28. The molecule has 1 aromatic carbocycles. The van der Waals surface area contributed by atoms with Gasteiger partial charge in [-0.25, -0.2) is 4.21 Å². The molecule has 1 unspecified atom stereocenters. The molecule has 1 N–H and O–H groups in total. The number of carbonyl (C=O) groups is 2. The van der Waals surface area contributed by atoms with E-state index in [0.717, 1.165) is 12.2 Å². The van der Waals surface area contributed by atoms with Crippen molar-refractivity contribution in [1.82, 2.24) is 0 Å². The van der Waals surface area contributed by atoms with Crippen LogP contribution in [0.15, 0.2) is 35.2 Å². The highest BCUT2D eigenvalue weighted by Crippen LogP contribution is 2.22. The molecule has 0 aromatic heterocycles. The summed E-state index contributed by atoms with van der Waals surface area (Å²) in [6, 6.07) is 4.31. The van der Waals surface area contributed by atoms with E-state index in [1.165, 1.54) is 18.2 Å². The zero-order chi connectivity index (χ0) is 11.0. The molecule has 1 aliphatic carbocycles. The lowest BCUT2D eigenvalue weighted by Crippen LogP contribution is -2.14. The molecular weight excluding hydrogens is 216 g/mol. The van der Waals surface area contributed by atoms with Crippen LogP contribution in [0.3, 0.4) is 0 Å². The number of carbonyl (C=O) groups excluding carboxylic acids is 2. The van der Waals surface area contributed by atoms with E-state index in [2.05, 4.69) is 0 Å². The Labute approximate surface area is 87.9 Å². The molecule has 0 heterocycles. The van der Waals surface area contributed by atoms with Gasteiger partial charge < -0.3 is 4.55 Å². The molecule has 15 heavy (non-hydrogen) atoms. The van der Waals surface area contributed by atoms with Gasteiger partial charge in [0.15, 0.2) is 22.6 Å². The molecule has 0 aliphatic heterocycles. The van der Waals surface area contributed by atoms with Crippen molar-refractivity contribution in [2.45, 2.75) is 4.90 Å². The van der Waals surface area contributed by atoms with Crippen LogP contribution in [0, 0.1) is 0 Å². The van der Waals surface area contributed by atoms with Gasteiger partial charge in [0, 0.05) is 5.56 Å². The zero-order valence-electron chi connectivity index (χ0n) is 7.47. The summed E-state index contributed by atoms with van der Waals surface area (Å²) >= 11 is -2.26. The third kappa shape index (κ3) is 1.55. The van der Waals surface area contributed by atoms with Gasteiger partial charge in [0.2, 0.25) is 0 Å². The average molecular weight is 222 g/mol. The first-order valence-corrected chi connectivity index (χ1v) is 5.22. The van der Waals surface area contributed by atoms with Gasteiger partial charge in [0.05, 0.1) is 10.5 Å². The number of benzene rings is 1. The van der Waals surface area contributed by atoms with Gasteiger partial charge in [0.1, 0.15) is 0 Å². The van der Waals surface area contributed by atoms with Gasteiger partial charge in [-0.05, 0) is 18.2 Å². The van der Waals surface area contributed by atoms with Crippen molar-refractivity contribution in [2.75, 3.05) is 0 Å². The van der Waals surface area contributed by atoms with Crippen LogP contribution in [0.5, 0.6) is 0 Å². The second kappa shape index (κ2) is 3.52. The maximum atomic E-state index is 11.5. The van der Waals surface area contributed by atoms with E-state index < -0.39 is 16.9 Å². The van der Waals surface area contributed by atoms with E-state index in [-0.39, 0.29) is 21.8 Å². The highest BCUT2D eigenvalue weighted by atomic mass is 32.2. The minimum Gasteiger partial charge on any atom is -0.302 e. The lowest BCUT2D eigenvalue weighted by atomic mass is 9.95. The first-order valence-electron chi connectivity index (χ1n) is 4.12. The third-order valence-corrected chi connectivity index (χ3v) is 2.83. The summed E-state index contributed by atoms with van der Waals surface area (Å²) in [5, 5.41) is 0. The minimum absolute atomic E-state index is 0.0183. The number of hydrogen-bond acceptors (Lipinski definition) is 3. The van der Waals surface area contributed by atoms with Gasteiger partial charge in [0.25, 0.3) is 0 Å². The second-order valence-electron chi connectivity index (χ2n) is 2.99. The van der Waals surface area contributed by atoms with Gasteiger partial charge in [-0.2, -0.15) is 0 Å². The Hall–Kier alpha value is -1.59. The molecule has 1 aromatic rings. The largest absolute Gasteiger partial charge is 0.302 e. The summed E-state index contributed by atoms with van der Waals surface area (Å²) in [5.41, 5.74) is 0.216. The number of ketones is 2. The Morgan fingerprint density at radius 3 is 2.40 bits per heavy atom. The van der Waals surface area contributed by atoms with E-state index in [4.69, 9.17) is 4.55 Å². The van der Waals surface area contributed by atoms with Crippen molar-refractivity contribution in [2.24, 2.45) is 0 Å². The predicted molar refractivity (Wildman–Crippen MR) is 53.3 cm³/mol. The molecule has 76 valence electrons. The number of hydrogen-bond donors (Lipinski definition) is 1. The van der Waals surface area contributed by atoms with Gasteiger partial charge >= 0.3 is 0 Å². The molecule has 0 saturated carbocycles. The molecule has 0 fully saturated rings. The molecule has 1 atom stereocenters. The van der Waals surface area contributed by atoms with Crippen LogP contribution in [0.25, 0.3) is 0 Å². The molecule has 2 rings (SSSR count). The SMILES string of the molecule is O=C1C=CC(=O)c2c1cccc2S(=O)O. The topological polar surface area (TPSA) is 71.4 Å². The molecule has 1 aliphatic rings. The molecule has 0 radical (unpaired) electrons. The Kier molecular flexibility index (Phi) is 2.34. The maximum absolute atomic E-state index is 11.5. The molecule has 4 nitrogen and oxygen atoms in total. The normalized spacial score (nSPS) is 16.3. The van der Waals surface area contributed by atoms with E-state index in [0.29, 0.717) is 0 Å². The Balaban J connectivity index is 2.76. The van der Waals surface area contributed by atoms with Crippen molar-refractivity contribution >= 4 is 22.6 Å². The smallest absolute Gasteiger partial charge is 0.188 e. The highest BCUT2D eigenvalue weighted by molar-refractivity contribution is 7.79. The van der Waals surface area contributed by atoms with Crippen molar-refractivity contribution < 1.29 is 18.4 Å². The second-order valence-corrected chi connectivity index (χ2v) is 3.93. The van der Waals surface area contributed by atoms with Crippen molar-refractivity contribution in [1.29, 1.82) is 0 Å². The number of rotatable bonds is 1. The minimum atomic E-state index is -2.26. The fourth-order valence-corrected chi connectivity index (χ4v) is 2.04. The predicted octanol–water partition coefficient (Wildman–Crippen LogP) is 1.20. The molecule has 0 bridgehead atoms. The van der Waals surface area contributed by atoms with E-state index in [1.807, 2.05) is 0 Å². The third-order valence-electron chi connectivity index (χ3n) is 2.11. The molecular formula is C10H6O4S. The van der Waals surface area contributed by atoms with Crippen molar-refractivity contribution in [3.05, 3.63) is 41.5 Å². The molecule has 0 spiro atoms. The summed E-state index contributed by atoms with van der Waals surface area (Å²) in [6.07, 6.45) is 2.27. The van der Waals surface area contributed by atoms with E-state index in [1.54, 1.807) is 0 Å². The lowest BCUT2D eigenvalue weighted by molar-refractivity contribution is 0.0991. The van der Waals surface area contributed by atoms with E-state index in [9.17, 15) is 13.8 Å². The summed E-state index contributed by atoms with van der Waals surface area (Å²) in [6.45, 7) is 0. The Morgan fingerprint density at radius 2 is 1.73 bits per heavy atom. The average Bonchev–Trinajstić information content (AvgIpc) is 2.23. The van der Waals surface area contributed by atoms with Gasteiger partial charge in [-0.1, -0.05) is 12.1 Å². The fraction of sp³-hybridized carbons (Fsp3) is 0. The van der Waals surface area contributed by atoms with Crippen LogP contribution in [-0.4, -0.2) is 20.3 Å². The summed E-state index contributed by atoms with van der Waals surface area (Å²) in [7, 11) is 0. The first kappa shape index (κ1) is 9.95.